The summed E-state index contributed by atoms with van der Waals surface area (Å²) in [6.45, 7) is 4.79. The van der Waals surface area contributed by atoms with E-state index < -0.39 is 17.1 Å². The van der Waals surface area contributed by atoms with Crippen LogP contribution in [0.3, 0.4) is 0 Å². The van der Waals surface area contributed by atoms with E-state index in [9.17, 15) is 19.8 Å². The lowest BCUT2D eigenvalue weighted by atomic mass is 9.89. The van der Waals surface area contributed by atoms with Crippen LogP contribution in [0.25, 0.3) is 28.2 Å². The summed E-state index contributed by atoms with van der Waals surface area (Å²) in [5, 5.41) is 21.3. The molecule has 0 bridgehead atoms. The first-order chi connectivity index (χ1) is 14.3. The normalized spacial score (nSPS) is 17.8. The van der Waals surface area contributed by atoms with Crippen molar-refractivity contribution in [3.8, 4) is 22.6 Å². The summed E-state index contributed by atoms with van der Waals surface area (Å²) in [4.78, 5) is 25.4. The number of aromatic hydroxyl groups is 1. The fourth-order valence-corrected chi connectivity index (χ4v) is 3.62. The second-order valence-electron chi connectivity index (χ2n) is 7.94. The zero-order valence-corrected chi connectivity index (χ0v) is 16.9. The number of Topliss-reactive ketones (excluding diaryl/α,β-unsaturated/α-hetero) is 1. The van der Waals surface area contributed by atoms with Gasteiger partial charge < -0.3 is 19.4 Å². The first-order valence-corrected chi connectivity index (χ1v) is 9.71. The molecule has 0 radical (unpaired) electrons. The molecule has 1 aromatic heterocycles. The highest BCUT2D eigenvalue weighted by molar-refractivity contribution is 6.13. The molecule has 0 saturated carbocycles. The molecule has 0 spiro atoms. The van der Waals surface area contributed by atoms with Crippen molar-refractivity contribution < 1.29 is 24.2 Å². The molecule has 0 saturated heterocycles. The summed E-state index contributed by atoms with van der Waals surface area (Å²) in [7, 11) is 0. The van der Waals surface area contributed by atoms with Crippen LogP contribution >= 0.6 is 0 Å². The smallest absolute Gasteiger partial charge is 0.336 e. The van der Waals surface area contributed by atoms with Gasteiger partial charge in [-0.3, -0.25) is 4.79 Å². The summed E-state index contributed by atoms with van der Waals surface area (Å²) in [5.41, 5.74) is 0.0323. The van der Waals surface area contributed by atoms with Gasteiger partial charge in [-0.05, 0) is 24.6 Å². The number of carbonyl (C=O) groups excluding carboxylic acids is 1. The van der Waals surface area contributed by atoms with Crippen molar-refractivity contribution in [1.29, 1.82) is 0 Å². The van der Waals surface area contributed by atoms with Crippen LogP contribution in [0.1, 0.15) is 36.7 Å². The topological polar surface area (TPSA) is 97.0 Å². The summed E-state index contributed by atoms with van der Waals surface area (Å²) in [5.74, 6) is -0.929. The molecular weight excluding hydrogens is 384 g/mol. The van der Waals surface area contributed by atoms with Gasteiger partial charge in [0.1, 0.15) is 22.7 Å². The second-order valence-corrected chi connectivity index (χ2v) is 7.94. The van der Waals surface area contributed by atoms with Crippen LogP contribution < -0.4 is 10.4 Å². The third kappa shape index (κ3) is 3.09. The van der Waals surface area contributed by atoms with E-state index in [1.807, 2.05) is 30.3 Å². The van der Waals surface area contributed by atoms with Gasteiger partial charge in [-0.15, -0.1) is 0 Å². The molecule has 3 aromatic rings. The number of benzene rings is 2. The largest absolute Gasteiger partial charge is 0.506 e. The molecule has 6 nitrogen and oxygen atoms in total. The molecule has 0 amide bonds. The number of fused-ring (bicyclic) bond motifs is 3. The Kier molecular flexibility index (Phi) is 4.74. The van der Waals surface area contributed by atoms with Gasteiger partial charge in [-0.1, -0.05) is 44.2 Å². The summed E-state index contributed by atoms with van der Waals surface area (Å²) in [6, 6.07) is 10.4. The molecule has 1 aliphatic rings. The number of carbonyl (C=O) groups is 1. The van der Waals surface area contributed by atoms with E-state index in [0.717, 1.165) is 0 Å². The van der Waals surface area contributed by atoms with Crippen molar-refractivity contribution in [3.63, 3.8) is 0 Å². The first-order valence-electron chi connectivity index (χ1n) is 9.71. The molecule has 2 heterocycles. The molecule has 1 unspecified atom stereocenters. The van der Waals surface area contributed by atoms with E-state index in [-0.39, 0.29) is 40.4 Å². The number of rotatable bonds is 4. The zero-order valence-electron chi connectivity index (χ0n) is 16.9. The number of aliphatic hydroxyl groups is 1. The van der Waals surface area contributed by atoms with Crippen molar-refractivity contribution in [2.24, 2.45) is 5.92 Å². The maximum atomic E-state index is 13.1. The molecule has 6 heteroatoms. The quantitative estimate of drug-likeness (QED) is 0.499. The molecule has 2 N–H and O–H groups in total. The fraction of sp³-hybridized carbons (Fsp3) is 0.250. The van der Waals surface area contributed by atoms with Gasteiger partial charge in [0.05, 0.1) is 17.6 Å². The van der Waals surface area contributed by atoms with Crippen molar-refractivity contribution in [1.82, 2.24) is 0 Å². The van der Waals surface area contributed by atoms with Crippen LogP contribution in [0.15, 0.2) is 51.7 Å². The number of phenolic OH excluding ortho intramolecular Hbond substituents is 1. The Bertz CT molecular complexity index is 1240. The maximum absolute atomic E-state index is 13.1. The van der Waals surface area contributed by atoms with E-state index >= 15 is 0 Å². The Morgan fingerprint density at radius 2 is 1.90 bits per heavy atom. The molecular formula is C24H22O6. The number of aliphatic hydroxyl groups excluding tert-OH is 1. The van der Waals surface area contributed by atoms with Gasteiger partial charge in [0.25, 0.3) is 0 Å². The predicted molar refractivity (Wildman–Crippen MR) is 114 cm³/mol. The van der Waals surface area contributed by atoms with Crippen molar-refractivity contribution >= 4 is 22.8 Å². The number of ether oxygens (including phenoxy) is 1. The standard InChI is InChI=1S/C24H22O6/c1-13(2)20(27)19-21(28)18-16(14-7-5-4-6-8-14)11-17(26)29-22(18)15-9-10-24(3,12-25)30-23(15)19/h4-11,13,25,28H,12H2,1-3H3. The Hall–Kier alpha value is -3.38. The number of phenols is 1. The van der Waals surface area contributed by atoms with Crippen LogP contribution in [-0.4, -0.2) is 28.2 Å². The van der Waals surface area contributed by atoms with Crippen molar-refractivity contribution in [3.05, 3.63) is 64.0 Å². The Labute approximate surface area is 173 Å². The van der Waals surface area contributed by atoms with Gasteiger partial charge in [0.2, 0.25) is 0 Å². The van der Waals surface area contributed by atoms with Crippen LogP contribution in [0.4, 0.5) is 0 Å². The Balaban J connectivity index is 2.18. The predicted octanol–water partition coefficient (Wildman–Crippen LogP) is 4.16. The number of hydrogen-bond donors (Lipinski definition) is 2. The van der Waals surface area contributed by atoms with Gasteiger partial charge in [-0.2, -0.15) is 0 Å². The molecule has 1 atom stereocenters. The summed E-state index contributed by atoms with van der Waals surface area (Å²) in [6.07, 6.45) is 3.30. The lowest BCUT2D eigenvalue weighted by molar-refractivity contribution is 0.0619. The summed E-state index contributed by atoms with van der Waals surface area (Å²) < 4.78 is 11.4. The van der Waals surface area contributed by atoms with Crippen LogP contribution in [0.2, 0.25) is 0 Å². The van der Waals surface area contributed by atoms with E-state index in [0.29, 0.717) is 16.7 Å². The highest BCUT2D eigenvalue weighted by atomic mass is 16.5. The lowest BCUT2D eigenvalue weighted by Gasteiger charge is -2.32. The average molecular weight is 406 g/mol. The Morgan fingerprint density at radius 1 is 1.20 bits per heavy atom. The highest BCUT2D eigenvalue weighted by Crippen LogP contribution is 2.47. The lowest BCUT2D eigenvalue weighted by Crippen LogP contribution is -2.36. The molecule has 4 rings (SSSR count). The van der Waals surface area contributed by atoms with E-state index in [4.69, 9.17) is 9.15 Å². The van der Waals surface area contributed by atoms with Crippen LogP contribution in [0, 0.1) is 5.92 Å². The zero-order chi connectivity index (χ0) is 21.6. The van der Waals surface area contributed by atoms with E-state index in [2.05, 4.69) is 0 Å². The Morgan fingerprint density at radius 3 is 2.53 bits per heavy atom. The van der Waals surface area contributed by atoms with Crippen molar-refractivity contribution in [2.45, 2.75) is 26.4 Å². The maximum Gasteiger partial charge on any atom is 0.336 e. The third-order valence-electron chi connectivity index (χ3n) is 5.26. The van der Waals surface area contributed by atoms with Gasteiger partial charge in [-0.25, -0.2) is 4.79 Å². The molecule has 1 aliphatic heterocycles. The average Bonchev–Trinajstić information content (AvgIpc) is 2.73. The molecule has 154 valence electrons. The van der Waals surface area contributed by atoms with E-state index in [1.54, 1.807) is 32.9 Å². The summed E-state index contributed by atoms with van der Waals surface area (Å²) >= 11 is 0. The minimum atomic E-state index is -1.07. The van der Waals surface area contributed by atoms with Crippen LogP contribution in [0.5, 0.6) is 11.5 Å². The highest BCUT2D eigenvalue weighted by Gasteiger charge is 2.35. The minimum Gasteiger partial charge on any atom is -0.506 e. The first kappa shape index (κ1) is 19.9. The SMILES string of the molecule is CC(C)C(=O)c1c2c(c3oc(=O)cc(-c4ccccc4)c3c1O)C=CC(C)(CO)O2. The molecule has 0 aliphatic carbocycles. The van der Waals surface area contributed by atoms with Crippen molar-refractivity contribution in [2.75, 3.05) is 6.61 Å². The second kappa shape index (κ2) is 7.15. The van der Waals surface area contributed by atoms with Gasteiger partial charge >= 0.3 is 5.63 Å². The molecule has 30 heavy (non-hydrogen) atoms. The van der Waals surface area contributed by atoms with Crippen LogP contribution in [-0.2, 0) is 0 Å². The number of ketones is 1. The third-order valence-corrected chi connectivity index (χ3v) is 5.26. The van der Waals surface area contributed by atoms with Gasteiger partial charge in [0, 0.05) is 17.5 Å². The molecule has 2 aromatic carbocycles. The minimum absolute atomic E-state index is 0.0163. The molecule has 0 fully saturated rings. The van der Waals surface area contributed by atoms with Gasteiger partial charge in [0.15, 0.2) is 11.4 Å². The monoisotopic (exact) mass is 406 g/mol. The van der Waals surface area contributed by atoms with E-state index in [1.165, 1.54) is 6.07 Å². The fourth-order valence-electron chi connectivity index (χ4n) is 3.62. The number of hydrogen-bond acceptors (Lipinski definition) is 6.